The van der Waals surface area contributed by atoms with E-state index in [4.69, 9.17) is 0 Å². The molecule has 108 valence electrons. The number of likely N-dealkylation sites (N-methyl/N-ethyl adjacent to an activating group) is 1. The fraction of sp³-hybridized carbons (Fsp3) is 0.600. The van der Waals surface area contributed by atoms with Crippen molar-refractivity contribution in [3.05, 3.63) is 35.4 Å². The molecule has 1 aromatic rings. The Labute approximate surface area is 114 Å². The van der Waals surface area contributed by atoms with Crippen LogP contribution in [0.15, 0.2) is 18.2 Å². The standard InChI is InChI=1S/C15H24F2N2/c1-15(2,3)18-9-11-19(4)10-8-12-6-5-7-13(16)14(12)17/h5-7,18H,8-11H2,1-4H3. The summed E-state index contributed by atoms with van der Waals surface area (Å²) in [5.74, 6) is -1.49. The minimum Gasteiger partial charge on any atom is -0.311 e. The first kappa shape index (κ1) is 16.1. The molecule has 1 aromatic carbocycles. The third-order valence-corrected chi connectivity index (χ3v) is 2.94. The van der Waals surface area contributed by atoms with Gasteiger partial charge in [0.15, 0.2) is 11.6 Å². The normalized spacial score (nSPS) is 12.2. The molecular weight excluding hydrogens is 246 g/mol. The monoisotopic (exact) mass is 270 g/mol. The summed E-state index contributed by atoms with van der Waals surface area (Å²) in [4.78, 5) is 2.11. The molecule has 0 aliphatic carbocycles. The number of hydrogen-bond acceptors (Lipinski definition) is 2. The highest BCUT2D eigenvalue weighted by Crippen LogP contribution is 2.12. The molecule has 0 radical (unpaired) electrons. The van der Waals surface area contributed by atoms with E-state index in [-0.39, 0.29) is 5.54 Å². The Kier molecular flexibility index (Phi) is 5.88. The van der Waals surface area contributed by atoms with E-state index in [1.807, 2.05) is 7.05 Å². The molecule has 19 heavy (non-hydrogen) atoms. The van der Waals surface area contributed by atoms with Crippen LogP contribution in [0.2, 0.25) is 0 Å². The lowest BCUT2D eigenvalue weighted by atomic mass is 10.1. The zero-order chi connectivity index (χ0) is 14.5. The van der Waals surface area contributed by atoms with Crippen molar-refractivity contribution in [2.75, 3.05) is 26.7 Å². The molecule has 1 rings (SSSR count). The third kappa shape index (κ3) is 6.12. The Hall–Kier alpha value is -1.00. The van der Waals surface area contributed by atoms with Crippen molar-refractivity contribution in [2.45, 2.75) is 32.7 Å². The molecule has 0 aromatic heterocycles. The SMILES string of the molecule is CN(CCNC(C)(C)C)CCc1cccc(F)c1F. The van der Waals surface area contributed by atoms with Crippen LogP contribution < -0.4 is 5.32 Å². The van der Waals surface area contributed by atoms with Crippen molar-refractivity contribution in [3.63, 3.8) is 0 Å². The van der Waals surface area contributed by atoms with E-state index < -0.39 is 11.6 Å². The minimum atomic E-state index is -0.769. The predicted molar refractivity (Wildman–Crippen MR) is 75.3 cm³/mol. The van der Waals surface area contributed by atoms with E-state index in [1.54, 1.807) is 12.1 Å². The predicted octanol–water partition coefficient (Wildman–Crippen LogP) is 2.83. The van der Waals surface area contributed by atoms with Gasteiger partial charge in [-0.1, -0.05) is 12.1 Å². The second-order valence-electron chi connectivity index (χ2n) is 5.94. The number of halogens is 2. The van der Waals surface area contributed by atoms with Gasteiger partial charge in [0.25, 0.3) is 0 Å². The molecule has 0 atom stereocenters. The van der Waals surface area contributed by atoms with Gasteiger partial charge in [-0.05, 0) is 45.9 Å². The highest BCUT2D eigenvalue weighted by atomic mass is 19.2. The van der Waals surface area contributed by atoms with E-state index in [1.165, 1.54) is 0 Å². The Morgan fingerprint density at radius 3 is 2.47 bits per heavy atom. The summed E-state index contributed by atoms with van der Waals surface area (Å²) in [6, 6.07) is 4.34. The quantitative estimate of drug-likeness (QED) is 0.855. The number of hydrogen-bond donors (Lipinski definition) is 1. The zero-order valence-electron chi connectivity index (χ0n) is 12.3. The van der Waals surface area contributed by atoms with Gasteiger partial charge < -0.3 is 10.2 Å². The van der Waals surface area contributed by atoms with Crippen LogP contribution in [0.25, 0.3) is 0 Å². The van der Waals surface area contributed by atoms with Crippen molar-refractivity contribution < 1.29 is 8.78 Å². The zero-order valence-corrected chi connectivity index (χ0v) is 12.3. The van der Waals surface area contributed by atoms with Gasteiger partial charge in [0.2, 0.25) is 0 Å². The van der Waals surface area contributed by atoms with E-state index in [0.717, 1.165) is 19.2 Å². The molecule has 0 spiro atoms. The first-order valence-corrected chi connectivity index (χ1v) is 6.66. The lowest BCUT2D eigenvalue weighted by molar-refractivity contribution is 0.311. The highest BCUT2D eigenvalue weighted by Gasteiger charge is 2.10. The maximum Gasteiger partial charge on any atom is 0.162 e. The molecule has 0 amide bonds. The van der Waals surface area contributed by atoms with E-state index in [2.05, 4.69) is 31.0 Å². The largest absolute Gasteiger partial charge is 0.311 e. The Balaban J connectivity index is 2.34. The molecule has 4 heteroatoms. The first-order valence-electron chi connectivity index (χ1n) is 6.66. The topological polar surface area (TPSA) is 15.3 Å². The van der Waals surface area contributed by atoms with Crippen molar-refractivity contribution in [1.82, 2.24) is 10.2 Å². The summed E-state index contributed by atoms with van der Waals surface area (Å²) < 4.78 is 26.5. The van der Waals surface area contributed by atoms with Crippen LogP contribution in [0.3, 0.4) is 0 Å². The van der Waals surface area contributed by atoms with Crippen LogP contribution in [0.1, 0.15) is 26.3 Å². The molecule has 0 bridgehead atoms. The molecule has 0 unspecified atom stereocenters. The number of nitrogens with one attached hydrogen (secondary N) is 1. The Morgan fingerprint density at radius 1 is 1.16 bits per heavy atom. The van der Waals surface area contributed by atoms with Crippen LogP contribution >= 0.6 is 0 Å². The molecule has 0 saturated carbocycles. The maximum absolute atomic E-state index is 13.5. The lowest BCUT2D eigenvalue weighted by Gasteiger charge is -2.23. The summed E-state index contributed by atoms with van der Waals surface area (Å²) in [5, 5.41) is 3.40. The van der Waals surface area contributed by atoms with Crippen molar-refractivity contribution in [3.8, 4) is 0 Å². The highest BCUT2D eigenvalue weighted by molar-refractivity contribution is 5.19. The van der Waals surface area contributed by atoms with E-state index in [9.17, 15) is 8.78 Å². The van der Waals surface area contributed by atoms with Gasteiger partial charge in [0.1, 0.15) is 0 Å². The van der Waals surface area contributed by atoms with Crippen LogP contribution in [0, 0.1) is 11.6 Å². The fourth-order valence-corrected chi connectivity index (χ4v) is 1.79. The molecule has 0 heterocycles. The summed E-state index contributed by atoms with van der Waals surface area (Å²) in [5.41, 5.74) is 0.547. The van der Waals surface area contributed by atoms with Gasteiger partial charge in [0, 0.05) is 25.2 Å². The molecule has 0 aliphatic rings. The number of benzene rings is 1. The molecule has 0 saturated heterocycles. The van der Waals surface area contributed by atoms with Crippen LogP contribution in [-0.2, 0) is 6.42 Å². The van der Waals surface area contributed by atoms with Crippen LogP contribution in [0.5, 0.6) is 0 Å². The smallest absolute Gasteiger partial charge is 0.162 e. The van der Waals surface area contributed by atoms with Crippen LogP contribution in [0.4, 0.5) is 8.78 Å². The lowest BCUT2D eigenvalue weighted by Crippen LogP contribution is -2.40. The van der Waals surface area contributed by atoms with Gasteiger partial charge in [-0.15, -0.1) is 0 Å². The molecule has 2 nitrogen and oxygen atoms in total. The third-order valence-electron chi connectivity index (χ3n) is 2.94. The summed E-state index contributed by atoms with van der Waals surface area (Å²) >= 11 is 0. The van der Waals surface area contributed by atoms with Crippen molar-refractivity contribution >= 4 is 0 Å². The summed E-state index contributed by atoms with van der Waals surface area (Å²) in [6.45, 7) is 8.84. The average molecular weight is 270 g/mol. The first-order chi connectivity index (χ1) is 8.79. The summed E-state index contributed by atoms with van der Waals surface area (Å²) in [7, 11) is 1.99. The Morgan fingerprint density at radius 2 is 1.84 bits per heavy atom. The second kappa shape index (κ2) is 6.96. The average Bonchev–Trinajstić information content (AvgIpc) is 2.29. The molecule has 1 N–H and O–H groups in total. The number of rotatable bonds is 6. The molecular formula is C15H24F2N2. The maximum atomic E-state index is 13.5. The molecule has 0 aliphatic heterocycles. The fourth-order valence-electron chi connectivity index (χ4n) is 1.79. The molecule has 0 fully saturated rings. The van der Waals surface area contributed by atoms with Gasteiger partial charge in [-0.2, -0.15) is 0 Å². The minimum absolute atomic E-state index is 0.107. The van der Waals surface area contributed by atoms with Crippen molar-refractivity contribution in [1.29, 1.82) is 0 Å². The van der Waals surface area contributed by atoms with Crippen molar-refractivity contribution in [2.24, 2.45) is 0 Å². The summed E-state index contributed by atoms with van der Waals surface area (Å²) in [6.07, 6.45) is 0.523. The van der Waals surface area contributed by atoms with Gasteiger partial charge in [0.05, 0.1) is 0 Å². The van der Waals surface area contributed by atoms with Gasteiger partial charge in [-0.25, -0.2) is 8.78 Å². The van der Waals surface area contributed by atoms with Gasteiger partial charge >= 0.3 is 0 Å². The van der Waals surface area contributed by atoms with E-state index >= 15 is 0 Å². The van der Waals surface area contributed by atoms with Crippen LogP contribution in [-0.4, -0.2) is 37.1 Å². The van der Waals surface area contributed by atoms with Gasteiger partial charge in [-0.3, -0.25) is 0 Å². The second-order valence-corrected chi connectivity index (χ2v) is 5.94. The van der Waals surface area contributed by atoms with E-state index in [0.29, 0.717) is 18.5 Å². The number of nitrogens with zero attached hydrogens (tertiary/aromatic N) is 1. The Bertz CT molecular complexity index is 400.